The van der Waals surface area contributed by atoms with Gasteiger partial charge in [-0.25, -0.2) is 8.42 Å². The minimum absolute atomic E-state index is 0.00595. The molecule has 2 amide bonds. The number of hydrogen-bond acceptors (Lipinski definition) is 5. The molecule has 2 aromatic carbocycles. The van der Waals surface area contributed by atoms with Gasteiger partial charge in [-0.1, -0.05) is 48.3 Å². The average molecular weight is 530 g/mol. The first-order valence-corrected chi connectivity index (χ1v) is 13.3. The lowest BCUT2D eigenvalue weighted by atomic mass is 10.1. The highest BCUT2D eigenvalue weighted by molar-refractivity contribution is 7.92. The number of ether oxygens (including phenoxy) is 1. The van der Waals surface area contributed by atoms with E-state index < -0.39 is 28.5 Å². The summed E-state index contributed by atoms with van der Waals surface area (Å²) >= 11 is 12.3. The predicted molar refractivity (Wildman–Crippen MR) is 135 cm³/mol. The van der Waals surface area contributed by atoms with Crippen molar-refractivity contribution in [2.24, 2.45) is 0 Å². The van der Waals surface area contributed by atoms with Crippen molar-refractivity contribution in [2.45, 2.75) is 32.9 Å². The summed E-state index contributed by atoms with van der Waals surface area (Å²) in [6.45, 7) is 3.40. The van der Waals surface area contributed by atoms with E-state index in [1.54, 1.807) is 56.3 Å². The first-order chi connectivity index (χ1) is 16.0. The zero-order valence-corrected chi connectivity index (χ0v) is 21.9. The molecule has 0 saturated heterocycles. The highest BCUT2D eigenvalue weighted by atomic mass is 35.5. The minimum Gasteiger partial charge on any atom is -0.495 e. The van der Waals surface area contributed by atoms with Crippen molar-refractivity contribution < 1.29 is 22.7 Å². The molecule has 8 nitrogen and oxygen atoms in total. The van der Waals surface area contributed by atoms with E-state index in [4.69, 9.17) is 27.9 Å². The Morgan fingerprint density at radius 3 is 2.35 bits per heavy atom. The van der Waals surface area contributed by atoms with E-state index >= 15 is 0 Å². The van der Waals surface area contributed by atoms with Crippen molar-refractivity contribution in [3.8, 4) is 5.75 Å². The lowest BCUT2D eigenvalue weighted by Gasteiger charge is -2.33. The van der Waals surface area contributed by atoms with Gasteiger partial charge in [0.2, 0.25) is 21.8 Å². The summed E-state index contributed by atoms with van der Waals surface area (Å²) in [5, 5.41) is 3.50. The van der Waals surface area contributed by atoms with Gasteiger partial charge in [0, 0.05) is 23.1 Å². The molecule has 186 valence electrons. The summed E-state index contributed by atoms with van der Waals surface area (Å²) in [4.78, 5) is 27.7. The Bertz CT molecular complexity index is 1130. The van der Waals surface area contributed by atoms with Crippen molar-refractivity contribution in [3.05, 3.63) is 58.1 Å². The van der Waals surface area contributed by atoms with E-state index in [1.807, 2.05) is 0 Å². The molecular formula is C23H29Cl2N3O5S. The number of methoxy groups -OCH3 is 1. The van der Waals surface area contributed by atoms with Crippen LogP contribution in [-0.2, 0) is 26.2 Å². The number of sulfonamides is 1. The summed E-state index contributed by atoms with van der Waals surface area (Å²) < 4.78 is 31.6. The van der Waals surface area contributed by atoms with E-state index in [0.29, 0.717) is 34.3 Å². The fourth-order valence-corrected chi connectivity index (χ4v) is 4.80. The van der Waals surface area contributed by atoms with E-state index in [2.05, 4.69) is 5.32 Å². The van der Waals surface area contributed by atoms with Crippen LogP contribution in [-0.4, -0.2) is 57.6 Å². The van der Waals surface area contributed by atoms with Crippen LogP contribution in [0.25, 0.3) is 0 Å². The topological polar surface area (TPSA) is 96.0 Å². The van der Waals surface area contributed by atoms with Gasteiger partial charge in [0.05, 0.1) is 19.1 Å². The monoisotopic (exact) mass is 529 g/mol. The third-order valence-electron chi connectivity index (χ3n) is 5.13. The van der Waals surface area contributed by atoms with E-state index in [-0.39, 0.29) is 18.1 Å². The summed E-state index contributed by atoms with van der Waals surface area (Å²) in [7, 11) is -2.45. The molecule has 0 spiro atoms. The zero-order valence-electron chi connectivity index (χ0n) is 19.5. The number of hydrogen-bond donors (Lipinski definition) is 1. The van der Waals surface area contributed by atoms with Crippen LogP contribution in [0.3, 0.4) is 0 Å². The number of likely N-dealkylation sites (N-methyl/N-ethyl adjacent to an activating group) is 1. The van der Waals surface area contributed by atoms with E-state index in [1.165, 1.54) is 12.0 Å². The van der Waals surface area contributed by atoms with Crippen LogP contribution in [0.5, 0.6) is 5.75 Å². The Balaban J connectivity index is 2.50. The highest BCUT2D eigenvalue weighted by Crippen LogP contribution is 2.30. The number of nitrogens with zero attached hydrogens (tertiary/aromatic N) is 2. The molecule has 1 atom stereocenters. The number of para-hydroxylation sites is 2. The molecule has 0 radical (unpaired) electrons. The Morgan fingerprint density at radius 1 is 1.12 bits per heavy atom. The number of carbonyl (C=O) groups is 2. The summed E-state index contributed by atoms with van der Waals surface area (Å²) in [6, 6.07) is 10.5. The van der Waals surface area contributed by atoms with E-state index in [9.17, 15) is 18.0 Å². The van der Waals surface area contributed by atoms with Crippen molar-refractivity contribution in [2.75, 3.05) is 30.8 Å². The molecule has 0 heterocycles. The van der Waals surface area contributed by atoms with Crippen LogP contribution in [0, 0.1) is 0 Å². The van der Waals surface area contributed by atoms with Crippen molar-refractivity contribution in [1.82, 2.24) is 10.2 Å². The van der Waals surface area contributed by atoms with Gasteiger partial charge in [-0.3, -0.25) is 13.9 Å². The molecule has 0 bridgehead atoms. The first-order valence-electron chi connectivity index (χ1n) is 10.6. The van der Waals surface area contributed by atoms with Crippen LogP contribution >= 0.6 is 23.2 Å². The molecule has 1 N–H and O–H groups in total. The lowest BCUT2D eigenvalue weighted by molar-refractivity contribution is -0.140. The van der Waals surface area contributed by atoms with Gasteiger partial charge in [0.15, 0.2) is 0 Å². The molecule has 34 heavy (non-hydrogen) atoms. The number of benzene rings is 2. The van der Waals surface area contributed by atoms with Gasteiger partial charge in [0.25, 0.3) is 0 Å². The molecule has 0 aliphatic carbocycles. The molecule has 11 heteroatoms. The second kappa shape index (κ2) is 12.3. The SMILES string of the molecule is CCNC(=O)[C@H](CC)N(Cc1ccc(Cl)cc1Cl)C(=O)CN(c1ccccc1OC)S(C)(=O)=O. The maximum absolute atomic E-state index is 13.6. The zero-order chi connectivity index (χ0) is 25.5. The van der Waals surface area contributed by atoms with Gasteiger partial charge < -0.3 is 15.0 Å². The first kappa shape index (κ1) is 27.8. The van der Waals surface area contributed by atoms with Gasteiger partial charge in [-0.05, 0) is 43.2 Å². The number of rotatable bonds is 11. The van der Waals surface area contributed by atoms with Crippen LogP contribution in [0.15, 0.2) is 42.5 Å². The molecular weight excluding hydrogens is 501 g/mol. The Hall–Kier alpha value is -2.49. The molecule has 0 fully saturated rings. The maximum Gasteiger partial charge on any atom is 0.244 e. The van der Waals surface area contributed by atoms with Gasteiger partial charge in [-0.15, -0.1) is 0 Å². The number of anilines is 1. The molecule has 0 aliphatic heterocycles. The molecule has 0 saturated carbocycles. The van der Waals surface area contributed by atoms with Crippen LogP contribution in [0.4, 0.5) is 5.69 Å². The number of nitrogens with one attached hydrogen (secondary N) is 1. The van der Waals surface area contributed by atoms with Crippen LogP contribution in [0.2, 0.25) is 10.0 Å². The van der Waals surface area contributed by atoms with Gasteiger partial charge in [0.1, 0.15) is 18.3 Å². The van der Waals surface area contributed by atoms with Gasteiger partial charge >= 0.3 is 0 Å². The van der Waals surface area contributed by atoms with E-state index in [0.717, 1.165) is 10.6 Å². The normalized spacial score (nSPS) is 12.1. The van der Waals surface area contributed by atoms with Crippen LogP contribution in [0.1, 0.15) is 25.8 Å². The molecule has 0 aliphatic rings. The van der Waals surface area contributed by atoms with Crippen LogP contribution < -0.4 is 14.4 Å². The Morgan fingerprint density at radius 2 is 1.79 bits per heavy atom. The largest absolute Gasteiger partial charge is 0.495 e. The second-order valence-electron chi connectivity index (χ2n) is 7.52. The Labute approximate surface area is 210 Å². The van der Waals surface area contributed by atoms with Crippen molar-refractivity contribution in [3.63, 3.8) is 0 Å². The molecule has 2 aromatic rings. The predicted octanol–water partition coefficient (Wildman–Crippen LogP) is 3.71. The quantitative estimate of drug-likeness (QED) is 0.478. The van der Waals surface area contributed by atoms with Crippen molar-refractivity contribution >= 4 is 50.7 Å². The van der Waals surface area contributed by atoms with Crippen molar-refractivity contribution in [1.29, 1.82) is 0 Å². The average Bonchev–Trinajstić information content (AvgIpc) is 2.78. The molecule has 2 rings (SSSR count). The lowest BCUT2D eigenvalue weighted by Crippen LogP contribution is -2.52. The summed E-state index contributed by atoms with van der Waals surface area (Å²) in [5.74, 6) is -0.615. The second-order valence-corrected chi connectivity index (χ2v) is 10.3. The molecule has 0 unspecified atom stereocenters. The number of amides is 2. The fraction of sp³-hybridized carbons (Fsp3) is 0.391. The number of carbonyl (C=O) groups excluding carboxylic acids is 2. The minimum atomic E-state index is -3.87. The summed E-state index contributed by atoms with van der Waals surface area (Å²) in [5.41, 5.74) is 0.793. The number of halogens is 2. The smallest absolute Gasteiger partial charge is 0.244 e. The standard InChI is InChI=1S/C23H29Cl2N3O5S/c1-5-19(23(30)26-6-2)27(14-16-11-12-17(24)13-18(16)25)22(29)15-28(34(4,31)32)20-9-7-8-10-21(20)33-3/h7-13,19H,5-6,14-15H2,1-4H3,(H,26,30)/t19-/m0/s1. The van der Waals surface area contributed by atoms with Gasteiger partial charge in [-0.2, -0.15) is 0 Å². The third-order valence-corrected chi connectivity index (χ3v) is 6.84. The molecule has 0 aromatic heterocycles. The summed E-state index contributed by atoms with van der Waals surface area (Å²) in [6.07, 6.45) is 1.32. The third kappa shape index (κ3) is 7.01. The highest BCUT2D eigenvalue weighted by Gasteiger charge is 2.32. The fourth-order valence-electron chi connectivity index (χ4n) is 3.48. The maximum atomic E-state index is 13.6. The Kier molecular flexibility index (Phi) is 10.0.